The van der Waals surface area contributed by atoms with Crippen LogP contribution in [-0.4, -0.2) is 15.7 Å². The van der Waals surface area contributed by atoms with Crippen molar-refractivity contribution >= 4 is 49.1 Å². The van der Waals surface area contributed by atoms with Crippen LogP contribution in [0, 0.1) is 5.92 Å². The molecule has 3 aromatic rings. The van der Waals surface area contributed by atoms with Crippen molar-refractivity contribution in [3.8, 4) is 0 Å². The summed E-state index contributed by atoms with van der Waals surface area (Å²) >= 11 is 1.61. The Labute approximate surface area is 126 Å². The number of carbonyl (C=O) groups excluding carboxylic acids is 1. The molecular weight excluding hydrogens is 284 g/mol. The van der Waals surface area contributed by atoms with E-state index in [9.17, 15) is 4.79 Å². The minimum absolute atomic E-state index is 0.00877. The Morgan fingerprint density at radius 1 is 1.52 bits per heavy atom. The first-order chi connectivity index (χ1) is 10.0. The van der Waals surface area contributed by atoms with E-state index in [2.05, 4.69) is 10.4 Å². The minimum Gasteiger partial charge on any atom is -0.399 e. The Morgan fingerprint density at radius 3 is 3.00 bits per heavy atom. The van der Waals surface area contributed by atoms with E-state index >= 15 is 0 Å². The SMILES string of the molecule is CCC(C)C(=O)Nc1nn(C)c2c1sc1cc(N)ccc12. The molecule has 2 heterocycles. The van der Waals surface area contributed by atoms with E-state index in [-0.39, 0.29) is 11.8 Å². The molecule has 21 heavy (non-hydrogen) atoms. The number of nitrogens with two attached hydrogens (primary N) is 1. The Hall–Kier alpha value is -2.08. The van der Waals surface area contributed by atoms with Gasteiger partial charge in [0.15, 0.2) is 5.82 Å². The number of benzene rings is 1. The third-order valence-corrected chi connectivity index (χ3v) is 4.93. The number of nitrogens with one attached hydrogen (secondary N) is 1. The van der Waals surface area contributed by atoms with Gasteiger partial charge in [-0.25, -0.2) is 0 Å². The molecule has 0 radical (unpaired) electrons. The van der Waals surface area contributed by atoms with E-state index in [1.54, 1.807) is 11.3 Å². The molecule has 0 saturated carbocycles. The maximum atomic E-state index is 12.1. The van der Waals surface area contributed by atoms with Crippen molar-refractivity contribution in [3.05, 3.63) is 18.2 Å². The van der Waals surface area contributed by atoms with Crippen LogP contribution in [0.5, 0.6) is 0 Å². The maximum absolute atomic E-state index is 12.1. The van der Waals surface area contributed by atoms with Crippen molar-refractivity contribution in [1.82, 2.24) is 9.78 Å². The largest absolute Gasteiger partial charge is 0.399 e. The average molecular weight is 302 g/mol. The highest BCUT2D eigenvalue weighted by molar-refractivity contribution is 7.26. The molecule has 1 atom stereocenters. The fourth-order valence-corrected chi connectivity index (χ4v) is 3.55. The topological polar surface area (TPSA) is 72.9 Å². The second-order valence-electron chi connectivity index (χ2n) is 5.31. The summed E-state index contributed by atoms with van der Waals surface area (Å²) in [7, 11) is 1.89. The van der Waals surface area contributed by atoms with Crippen LogP contribution in [0.25, 0.3) is 20.3 Å². The summed E-state index contributed by atoms with van der Waals surface area (Å²) in [6.07, 6.45) is 0.810. The molecule has 0 aliphatic rings. The summed E-state index contributed by atoms with van der Waals surface area (Å²) in [6.45, 7) is 3.92. The summed E-state index contributed by atoms with van der Waals surface area (Å²) in [4.78, 5) is 12.1. The Balaban J connectivity index is 2.12. The van der Waals surface area contributed by atoms with Gasteiger partial charge in [0.2, 0.25) is 5.91 Å². The van der Waals surface area contributed by atoms with Crippen LogP contribution in [0.4, 0.5) is 11.5 Å². The molecular formula is C15H18N4OS. The molecule has 0 spiro atoms. The number of hydrogen-bond acceptors (Lipinski definition) is 4. The lowest BCUT2D eigenvalue weighted by Gasteiger charge is -2.07. The summed E-state index contributed by atoms with van der Waals surface area (Å²) in [5.74, 6) is 0.624. The standard InChI is InChI=1S/C15H18N4OS/c1-4-8(2)15(20)17-14-13-12(19(3)18-14)10-6-5-9(16)7-11(10)21-13/h5-8H,4,16H2,1-3H3,(H,17,18,20). The van der Waals surface area contributed by atoms with Gasteiger partial charge in [0.05, 0.1) is 10.2 Å². The normalized spacial score (nSPS) is 12.9. The number of nitrogens with zero attached hydrogens (tertiary/aromatic N) is 2. The van der Waals surface area contributed by atoms with Gasteiger partial charge in [-0.2, -0.15) is 5.10 Å². The first-order valence-corrected chi connectivity index (χ1v) is 7.78. The number of fused-ring (bicyclic) bond motifs is 3. The molecule has 5 nitrogen and oxygen atoms in total. The van der Waals surface area contributed by atoms with Gasteiger partial charge < -0.3 is 11.1 Å². The third-order valence-electron chi connectivity index (χ3n) is 3.78. The molecule has 0 saturated heterocycles. The van der Waals surface area contributed by atoms with Gasteiger partial charge in [0.1, 0.15) is 0 Å². The summed E-state index contributed by atoms with van der Waals surface area (Å²) < 4.78 is 3.92. The van der Waals surface area contributed by atoms with Gasteiger partial charge >= 0.3 is 0 Å². The van der Waals surface area contributed by atoms with Crippen LogP contribution >= 0.6 is 11.3 Å². The van der Waals surface area contributed by atoms with Crippen molar-refractivity contribution in [1.29, 1.82) is 0 Å². The highest BCUT2D eigenvalue weighted by Gasteiger charge is 2.19. The molecule has 3 N–H and O–H groups in total. The van der Waals surface area contributed by atoms with Gasteiger partial charge in [0, 0.05) is 28.7 Å². The molecule has 0 bridgehead atoms. The van der Waals surface area contributed by atoms with E-state index in [0.717, 1.165) is 32.4 Å². The van der Waals surface area contributed by atoms with Gasteiger partial charge in [-0.1, -0.05) is 13.8 Å². The number of aromatic nitrogens is 2. The molecule has 1 amide bonds. The zero-order valence-electron chi connectivity index (χ0n) is 12.3. The van der Waals surface area contributed by atoms with Crippen LogP contribution < -0.4 is 11.1 Å². The van der Waals surface area contributed by atoms with Crippen LogP contribution in [0.15, 0.2) is 18.2 Å². The number of aryl methyl sites for hydroxylation is 1. The molecule has 1 unspecified atom stereocenters. The van der Waals surface area contributed by atoms with E-state index in [1.165, 1.54) is 0 Å². The Kier molecular flexibility index (Phi) is 3.33. The quantitative estimate of drug-likeness (QED) is 0.729. The minimum atomic E-state index is -0.0212. The zero-order valence-corrected chi connectivity index (χ0v) is 13.1. The lowest BCUT2D eigenvalue weighted by molar-refractivity contribution is -0.119. The van der Waals surface area contributed by atoms with Crippen molar-refractivity contribution in [2.24, 2.45) is 13.0 Å². The molecule has 0 aliphatic heterocycles. The summed E-state index contributed by atoms with van der Waals surface area (Å²) in [5, 5.41) is 8.50. The first kappa shape index (κ1) is 13.9. The van der Waals surface area contributed by atoms with Crippen molar-refractivity contribution in [2.45, 2.75) is 20.3 Å². The van der Waals surface area contributed by atoms with Crippen molar-refractivity contribution in [3.63, 3.8) is 0 Å². The molecule has 2 aromatic heterocycles. The highest BCUT2D eigenvalue weighted by atomic mass is 32.1. The number of anilines is 2. The van der Waals surface area contributed by atoms with Crippen LogP contribution in [0.3, 0.4) is 0 Å². The monoisotopic (exact) mass is 302 g/mol. The number of thiophene rings is 1. The van der Waals surface area contributed by atoms with Crippen molar-refractivity contribution in [2.75, 3.05) is 11.1 Å². The highest BCUT2D eigenvalue weighted by Crippen LogP contribution is 2.38. The van der Waals surface area contributed by atoms with E-state index in [1.807, 2.05) is 43.8 Å². The van der Waals surface area contributed by atoms with Gasteiger partial charge in [-0.15, -0.1) is 11.3 Å². The predicted octanol–water partition coefficient (Wildman–Crippen LogP) is 3.35. The van der Waals surface area contributed by atoms with Crippen LogP contribution in [0.1, 0.15) is 20.3 Å². The third kappa shape index (κ3) is 2.25. The van der Waals surface area contributed by atoms with E-state index in [4.69, 9.17) is 5.73 Å². The smallest absolute Gasteiger partial charge is 0.228 e. The summed E-state index contributed by atoms with van der Waals surface area (Å²) in [5.41, 5.74) is 7.62. The fourth-order valence-electron chi connectivity index (χ4n) is 2.33. The van der Waals surface area contributed by atoms with E-state index in [0.29, 0.717) is 5.82 Å². The van der Waals surface area contributed by atoms with Crippen LogP contribution in [-0.2, 0) is 11.8 Å². The average Bonchev–Trinajstić information content (AvgIpc) is 2.96. The fraction of sp³-hybridized carbons (Fsp3) is 0.333. The van der Waals surface area contributed by atoms with E-state index < -0.39 is 0 Å². The van der Waals surface area contributed by atoms with Gasteiger partial charge in [-0.3, -0.25) is 9.48 Å². The number of carbonyl (C=O) groups is 1. The second-order valence-corrected chi connectivity index (χ2v) is 6.36. The van der Waals surface area contributed by atoms with Gasteiger partial charge in [-0.05, 0) is 24.6 Å². The Morgan fingerprint density at radius 2 is 2.29 bits per heavy atom. The molecule has 0 fully saturated rings. The lowest BCUT2D eigenvalue weighted by atomic mass is 10.1. The van der Waals surface area contributed by atoms with Crippen LogP contribution in [0.2, 0.25) is 0 Å². The predicted molar refractivity (Wildman–Crippen MR) is 88.6 cm³/mol. The second kappa shape index (κ2) is 5.04. The number of nitrogen functional groups attached to an aromatic ring is 1. The first-order valence-electron chi connectivity index (χ1n) is 6.96. The Bertz CT molecular complexity index is 833. The molecule has 0 aliphatic carbocycles. The molecule has 3 rings (SSSR count). The van der Waals surface area contributed by atoms with Crippen molar-refractivity contribution < 1.29 is 4.79 Å². The van der Waals surface area contributed by atoms with Gasteiger partial charge in [0.25, 0.3) is 0 Å². The zero-order chi connectivity index (χ0) is 15.1. The summed E-state index contributed by atoms with van der Waals surface area (Å²) in [6, 6.07) is 5.85. The number of amides is 1. The number of rotatable bonds is 3. The molecule has 1 aromatic carbocycles. The number of hydrogen-bond donors (Lipinski definition) is 2. The lowest BCUT2D eigenvalue weighted by Crippen LogP contribution is -2.20. The molecule has 6 heteroatoms. The maximum Gasteiger partial charge on any atom is 0.228 e. The molecule has 110 valence electrons.